The number of H-pyrrole nitrogens is 1. The molecule has 3 aromatic heterocycles. The number of benzene rings is 2. The van der Waals surface area contributed by atoms with Crippen LogP contribution in [0.4, 0.5) is 0 Å². The van der Waals surface area contributed by atoms with Crippen LogP contribution in [0.3, 0.4) is 0 Å². The van der Waals surface area contributed by atoms with E-state index in [0.29, 0.717) is 26.2 Å². The maximum atomic E-state index is 12.9. The van der Waals surface area contributed by atoms with Crippen molar-refractivity contribution in [1.82, 2.24) is 30.1 Å². The molecule has 0 atom stereocenters. The van der Waals surface area contributed by atoms with Gasteiger partial charge in [0, 0.05) is 35.6 Å². The molecule has 0 fully saturated rings. The Kier molecular flexibility index (Phi) is 6.60. The fourth-order valence-corrected chi connectivity index (χ4v) is 4.86. The molecule has 0 unspecified atom stereocenters. The molecule has 34 heavy (non-hydrogen) atoms. The number of nitrogens with one attached hydrogen (secondary N) is 1. The molecule has 3 heterocycles. The minimum absolute atomic E-state index is 0.0591. The molecule has 0 radical (unpaired) electrons. The van der Waals surface area contributed by atoms with Gasteiger partial charge < -0.3 is 4.98 Å². The van der Waals surface area contributed by atoms with Crippen LogP contribution in [0, 0.1) is 6.92 Å². The van der Waals surface area contributed by atoms with Crippen LogP contribution < -0.4 is 5.56 Å². The monoisotopic (exact) mass is 470 g/mol. The predicted octanol–water partition coefficient (Wildman–Crippen LogP) is 4.33. The highest BCUT2D eigenvalue weighted by Crippen LogP contribution is 2.18. The third-order valence-electron chi connectivity index (χ3n) is 5.86. The summed E-state index contributed by atoms with van der Waals surface area (Å²) < 4.78 is 1.86. The highest BCUT2D eigenvalue weighted by molar-refractivity contribution is 7.09. The maximum Gasteiger partial charge on any atom is 0.252 e. The highest BCUT2D eigenvalue weighted by Gasteiger charge is 2.16. The summed E-state index contributed by atoms with van der Waals surface area (Å²) in [6.07, 6.45) is 0.855. The average Bonchev–Trinajstić information content (AvgIpc) is 3.51. The van der Waals surface area contributed by atoms with Crippen molar-refractivity contribution >= 4 is 22.2 Å². The topological polar surface area (TPSA) is 79.7 Å². The van der Waals surface area contributed by atoms with Gasteiger partial charge in [-0.25, -0.2) is 4.68 Å². The Bertz CT molecular complexity index is 1430. The Morgan fingerprint density at radius 3 is 2.71 bits per heavy atom. The number of fused-ring (bicyclic) bond motifs is 1. The number of rotatable bonds is 9. The second-order valence-corrected chi connectivity index (χ2v) is 9.53. The first kappa shape index (κ1) is 22.2. The number of tetrazole rings is 1. The molecule has 0 aliphatic heterocycles. The summed E-state index contributed by atoms with van der Waals surface area (Å²) in [6, 6.07) is 22.6. The third kappa shape index (κ3) is 5.30. The van der Waals surface area contributed by atoms with Crippen molar-refractivity contribution in [2.24, 2.45) is 0 Å². The van der Waals surface area contributed by atoms with E-state index in [-0.39, 0.29) is 5.56 Å². The molecule has 0 saturated carbocycles. The van der Waals surface area contributed by atoms with Crippen LogP contribution in [0.15, 0.2) is 76.9 Å². The molecular formula is C26H26N6OS. The van der Waals surface area contributed by atoms with Gasteiger partial charge in [0.15, 0.2) is 5.82 Å². The third-order valence-corrected chi connectivity index (χ3v) is 6.72. The number of pyridine rings is 1. The summed E-state index contributed by atoms with van der Waals surface area (Å²) in [5.74, 6) is 0.792. The molecule has 0 amide bonds. The fraction of sp³-hybridized carbons (Fsp3) is 0.231. The van der Waals surface area contributed by atoms with Gasteiger partial charge in [0.25, 0.3) is 5.56 Å². The van der Waals surface area contributed by atoms with E-state index in [1.165, 1.54) is 16.0 Å². The number of aromatic amines is 1. The molecule has 7 nitrogen and oxygen atoms in total. The van der Waals surface area contributed by atoms with Crippen molar-refractivity contribution < 1.29 is 0 Å². The first-order chi connectivity index (χ1) is 16.6. The van der Waals surface area contributed by atoms with Gasteiger partial charge in [0.1, 0.15) is 0 Å². The van der Waals surface area contributed by atoms with Gasteiger partial charge in [0.05, 0.1) is 6.54 Å². The fourth-order valence-electron chi connectivity index (χ4n) is 4.11. The average molecular weight is 471 g/mol. The minimum atomic E-state index is -0.0591. The molecule has 5 aromatic rings. The van der Waals surface area contributed by atoms with Crippen molar-refractivity contribution in [3.8, 4) is 0 Å². The highest BCUT2D eigenvalue weighted by atomic mass is 32.1. The lowest BCUT2D eigenvalue weighted by molar-refractivity contribution is 0.237. The first-order valence-corrected chi connectivity index (χ1v) is 12.2. The van der Waals surface area contributed by atoms with Gasteiger partial charge in [-0.2, -0.15) is 0 Å². The molecule has 0 saturated heterocycles. The van der Waals surface area contributed by atoms with Gasteiger partial charge >= 0.3 is 0 Å². The smallest absolute Gasteiger partial charge is 0.252 e. The number of hydrogen-bond acceptors (Lipinski definition) is 6. The second-order valence-electron chi connectivity index (χ2n) is 8.49. The van der Waals surface area contributed by atoms with E-state index in [4.69, 9.17) is 0 Å². The van der Waals surface area contributed by atoms with Gasteiger partial charge in [0.2, 0.25) is 0 Å². The van der Waals surface area contributed by atoms with E-state index >= 15 is 0 Å². The van der Waals surface area contributed by atoms with Crippen LogP contribution in [0.5, 0.6) is 0 Å². The molecule has 5 rings (SSSR count). The minimum Gasteiger partial charge on any atom is -0.322 e. The lowest BCUT2D eigenvalue weighted by atomic mass is 10.1. The van der Waals surface area contributed by atoms with Crippen molar-refractivity contribution in [1.29, 1.82) is 0 Å². The Balaban J connectivity index is 1.38. The molecule has 1 N–H and O–H groups in total. The zero-order valence-electron chi connectivity index (χ0n) is 19.0. The van der Waals surface area contributed by atoms with Gasteiger partial charge in [-0.15, -0.1) is 16.4 Å². The zero-order valence-corrected chi connectivity index (χ0v) is 19.8. The van der Waals surface area contributed by atoms with E-state index in [9.17, 15) is 4.79 Å². The van der Waals surface area contributed by atoms with E-state index in [2.05, 4.69) is 62.0 Å². The maximum absolute atomic E-state index is 12.9. The molecule has 0 spiro atoms. The Morgan fingerprint density at radius 1 is 1.00 bits per heavy atom. The molecule has 172 valence electrons. The van der Waals surface area contributed by atoms with Crippen molar-refractivity contribution in [3.63, 3.8) is 0 Å². The van der Waals surface area contributed by atoms with Crippen molar-refractivity contribution in [3.05, 3.63) is 110 Å². The number of aryl methyl sites for hydroxylation is 3. The van der Waals surface area contributed by atoms with Crippen LogP contribution in [0.25, 0.3) is 10.9 Å². The lowest BCUT2D eigenvalue weighted by Crippen LogP contribution is -2.28. The van der Waals surface area contributed by atoms with Gasteiger partial charge in [-0.05, 0) is 64.4 Å². The van der Waals surface area contributed by atoms with E-state index in [0.717, 1.165) is 28.7 Å². The van der Waals surface area contributed by atoms with E-state index in [1.807, 2.05) is 47.1 Å². The summed E-state index contributed by atoms with van der Waals surface area (Å²) in [5, 5.41) is 15.6. The molecule has 8 heteroatoms. The molecule has 0 aliphatic carbocycles. The van der Waals surface area contributed by atoms with Crippen LogP contribution in [-0.2, 0) is 32.6 Å². The van der Waals surface area contributed by atoms with Gasteiger partial charge in [-0.1, -0.05) is 48.0 Å². The van der Waals surface area contributed by atoms with Gasteiger partial charge in [-0.3, -0.25) is 9.69 Å². The zero-order chi connectivity index (χ0) is 23.3. The summed E-state index contributed by atoms with van der Waals surface area (Å²) in [4.78, 5) is 19.4. The molecule has 0 bridgehead atoms. The van der Waals surface area contributed by atoms with E-state index < -0.39 is 0 Å². The Hall–Kier alpha value is -3.62. The normalized spacial score (nSPS) is 11.5. The second kappa shape index (κ2) is 10.1. The largest absolute Gasteiger partial charge is 0.322 e. The summed E-state index contributed by atoms with van der Waals surface area (Å²) in [7, 11) is 0. The van der Waals surface area contributed by atoms with Crippen LogP contribution in [-0.4, -0.2) is 30.1 Å². The Labute approximate surface area is 201 Å². The standard InChI is InChI=1S/C26H26N6OS/c1-19-9-10-24-21(14-19)15-22(26(33)27-24)16-31(17-23-8-5-13-34-23)18-25-28-29-30-32(25)12-11-20-6-3-2-4-7-20/h2-10,13-15H,11-12,16-18H2,1H3,(H,27,33). The van der Waals surface area contributed by atoms with Crippen molar-refractivity contribution in [2.75, 3.05) is 0 Å². The number of hydrogen-bond donors (Lipinski definition) is 1. The molecule has 2 aromatic carbocycles. The van der Waals surface area contributed by atoms with Crippen molar-refractivity contribution in [2.45, 2.75) is 39.5 Å². The SMILES string of the molecule is Cc1ccc2[nH]c(=O)c(CN(Cc3cccs3)Cc3nnnn3CCc3ccccc3)cc2c1. The van der Waals surface area contributed by atoms with Crippen LogP contribution >= 0.6 is 11.3 Å². The van der Waals surface area contributed by atoms with E-state index in [1.54, 1.807) is 11.3 Å². The number of thiophene rings is 1. The predicted molar refractivity (Wildman–Crippen MR) is 135 cm³/mol. The summed E-state index contributed by atoms with van der Waals surface area (Å²) in [6.45, 7) is 4.53. The Morgan fingerprint density at radius 2 is 1.88 bits per heavy atom. The number of nitrogens with zero attached hydrogens (tertiary/aromatic N) is 5. The van der Waals surface area contributed by atoms with Crippen LogP contribution in [0.1, 0.15) is 27.4 Å². The first-order valence-electron chi connectivity index (χ1n) is 11.3. The summed E-state index contributed by atoms with van der Waals surface area (Å²) in [5.41, 5.74) is 3.94. The lowest BCUT2D eigenvalue weighted by Gasteiger charge is -2.21. The quantitative estimate of drug-likeness (QED) is 0.347. The molecular weight excluding hydrogens is 444 g/mol. The van der Waals surface area contributed by atoms with Crippen LogP contribution in [0.2, 0.25) is 0 Å². The summed E-state index contributed by atoms with van der Waals surface area (Å²) >= 11 is 1.71. The number of aromatic nitrogens is 5. The molecule has 0 aliphatic rings.